The van der Waals surface area contributed by atoms with Gasteiger partial charge in [-0.25, -0.2) is 0 Å². The fourth-order valence-corrected chi connectivity index (χ4v) is 3.44. The summed E-state index contributed by atoms with van der Waals surface area (Å²) < 4.78 is 5.51. The minimum absolute atomic E-state index is 0.0240. The third-order valence-electron chi connectivity index (χ3n) is 4.98. The van der Waals surface area contributed by atoms with Gasteiger partial charge in [0.1, 0.15) is 5.75 Å². The normalized spacial score (nSPS) is 21.0. The van der Waals surface area contributed by atoms with Crippen molar-refractivity contribution in [3.05, 3.63) is 54.1 Å². The van der Waals surface area contributed by atoms with Crippen molar-refractivity contribution in [3.8, 4) is 5.75 Å². The van der Waals surface area contributed by atoms with Crippen molar-refractivity contribution in [2.45, 2.75) is 26.0 Å². The number of anilines is 2. The van der Waals surface area contributed by atoms with Crippen molar-refractivity contribution in [2.75, 3.05) is 17.2 Å². The number of carbonyl (C=O) groups is 3. The number of nitrogens with zero attached hydrogens (tertiary/aromatic N) is 1. The van der Waals surface area contributed by atoms with E-state index in [4.69, 9.17) is 4.74 Å². The number of nitrogens with one attached hydrogen (secondary N) is 2. The molecule has 0 aliphatic carbocycles. The molecule has 28 heavy (non-hydrogen) atoms. The predicted molar refractivity (Wildman–Crippen MR) is 104 cm³/mol. The van der Waals surface area contributed by atoms with Gasteiger partial charge in [-0.2, -0.15) is 0 Å². The number of rotatable bonds is 4. The first-order chi connectivity index (χ1) is 13.5. The lowest BCUT2D eigenvalue weighted by atomic mass is 10.1. The molecule has 7 heteroatoms. The van der Waals surface area contributed by atoms with Crippen LogP contribution < -0.4 is 15.4 Å². The van der Waals surface area contributed by atoms with Crippen LogP contribution in [0.2, 0.25) is 0 Å². The van der Waals surface area contributed by atoms with E-state index in [9.17, 15) is 14.4 Å². The van der Waals surface area contributed by atoms with E-state index in [2.05, 4.69) is 10.6 Å². The molecule has 2 N–H and O–H groups in total. The molecule has 2 atom stereocenters. The Bertz CT molecular complexity index is 929. The molecular formula is C21H21N3O4. The molecule has 0 aromatic heterocycles. The number of fused-ring (bicyclic) bond motifs is 1. The second-order valence-electron chi connectivity index (χ2n) is 7.11. The molecule has 1 fully saturated rings. The molecule has 3 amide bonds. The average Bonchev–Trinajstić information content (AvgIpc) is 3.04. The number of hydrogen-bond acceptors (Lipinski definition) is 4. The van der Waals surface area contributed by atoms with Crippen molar-refractivity contribution < 1.29 is 19.1 Å². The molecule has 0 bridgehead atoms. The second-order valence-corrected chi connectivity index (χ2v) is 7.11. The zero-order valence-corrected chi connectivity index (χ0v) is 15.5. The Morgan fingerprint density at radius 3 is 2.79 bits per heavy atom. The molecule has 2 aliphatic heterocycles. The number of likely N-dealkylation sites (tertiary alicyclic amines) is 1. The van der Waals surface area contributed by atoms with Crippen molar-refractivity contribution in [3.63, 3.8) is 0 Å². The second kappa shape index (κ2) is 7.34. The maximum Gasteiger partial charge on any atom is 0.265 e. The van der Waals surface area contributed by atoms with Gasteiger partial charge in [0.2, 0.25) is 11.8 Å². The molecule has 7 nitrogen and oxygen atoms in total. The summed E-state index contributed by atoms with van der Waals surface area (Å²) in [5.74, 6) is -0.299. The number of amides is 3. The first kappa shape index (κ1) is 18.0. The smallest absolute Gasteiger partial charge is 0.265 e. The Balaban J connectivity index is 1.40. The van der Waals surface area contributed by atoms with Crippen molar-refractivity contribution in [1.29, 1.82) is 0 Å². The summed E-state index contributed by atoms with van der Waals surface area (Å²) in [4.78, 5) is 38.4. The van der Waals surface area contributed by atoms with E-state index < -0.39 is 12.0 Å². The molecule has 1 saturated heterocycles. The molecule has 144 valence electrons. The monoisotopic (exact) mass is 379 g/mol. The molecular weight excluding hydrogens is 358 g/mol. The van der Waals surface area contributed by atoms with Gasteiger partial charge in [0.05, 0.1) is 11.6 Å². The van der Waals surface area contributed by atoms with Gasteiger partial charge in [-0.05, 0) is 30.7 Å². The van der Waals surface area contributed by atoms with Crippen LogP contribution in [0.25, 0.3) is 0 Å². The predicted octanol–water partition coefficient (Wildman–Crippen LogP) is 2.39. The molecule has 2 aromatic rings. The van der Waals surface area contributed by atoms with Crippen LogP contribution in [0.4, 0.5) is 11.4 Å². The molecule has 4 rings (SSSR count). The summed E-state index contributed by atoms with van der Waals surface area (Å²) in [5.41, 5.74) is 2.11. The van der Waals surface area contributed by atoms with E-state index in [-0.39, 0.29) is 24.1 Å². The van der Waals surface area contributed by atoms with Gasteiger partial charge in [-0.1, -0.05) is 30.3 Å². The van der Waals surface area contributed by atoms with Crippen LogP contribution in [0.1, 0.15) is 18.9 Å². The molecule has 0 unspecified atom stereocenters. The Morgan fingerprint density at radius 1 is 1.21 bits per heavy atom. The van der Waals surface area contributed by atoms with E-state index in [0.29, 0.717) is 30.2 Å². The van der Waals surface area contributed by atoms with Crippen molar-refractivity contribution in [1.82, 2.24) is 4.90 Å². The third-order valence-corrected chi connectivity index (χ3v) is 4.98. The van der Waals surface area contributed by atoms with Gasteiger partial charge in [-0.15, -0.1) is 0 Å². The van der Waals surface area contributed by atoms with Crippen LogP contribution in [0.3, 0.4) is 0 Å². The molecule has 0 saturated carbocycles. The molecule has 0 radical (unpaired) electrons. The highest BCUT2D eigenvalue weighted by atomic mass is 16.5. The summed E-state index contributed by atoms with van der Waals surface area (Å²) in [6.45, 7) is 2.57. The van der Waals surface area contributed by atoms with E-state index in [1.165, 1.54) is 0 Å². The zero-order chi connectivity index (χ0) is 19.7. The van der Waals surface area contributed by atoms with Crippen molar-refractivity contribution in [2.24, 2.45) is 5.92 Å². The standard InChI is InChI=1S/C21H21N3O4/c1-13-20(26)23-17-10-16(7-8-18(17)28-13)22-21(27)15-9-19(25)24(12-15)11-14-5-3-2-4-6-14/h2-8,10,13,15H,9,11-12H2,1H3,(H,22,27)(H,23,26)/t13-,15-/m1/s1. The first-order valence-electron chi connectivity index (χ1n) is 9.24. The summed E-state index contributed by atoms with van der Waals surface area (Å²) in [5, 5.41) is 5.60. The number of hydrogen-bond donors (Lipinski definition) is 2. The quantitative estimate of drug-likeness (QED) is 0.854. The third kappa shape index (κ3) is 3.69. The van der Waals surface area contributed by atoms with Crippen LogP contribution in [-0.4, -0.2) is 35.3 Å². The highest BCUT2D eigenvalue weighted by Gasteiger charge is 2.34. The van der Waals surface area contributed by atoms with Crippen LogP contribution in [0, 0.1) is 5.92 Å². The number of ether oxygens (including phenoxy) is 1. The summed E-state index contributed by atoms with van der Waals surface area (Å²) in [6, 6.07) is 14.8. The Hall–Kier alpha value is -3.35. The maximum atomic E-state index is 12.6. The van der Waals surface area contributed by atoms with Crippen LogP contribution in [-0.2, 0) is 20.9 Å². The van der Waals surface area contributed by atoms with Gasteiger partial charge < -0.3 is 20.3 Å². The number of benzene rings is 2. The minimum Gasteiger partial charge on any atom is -0.479 e. The highest BCUT2D eigenvalue weighted by Crippen LogP contribution is 2.32. The van der Waals surface area contributed by atoms with E-state index in [1.54, 1.807) is 30.0 Å². The van der Waals surface area contributed by atoms with Crippen molar-refractivity contribution >= 4 is 29.1 Å². The fraction of sp³-hybridized carbons (Fsp3) is 0.286. The zero-order valence-electron chi connectivity index (χ0n) is 15.5. The van der Waals surface area contributed by atoms with E-state index >= 15 is 0 Å². The van der Waals surface area contributed by atoms with Gasteiger partial charge in [0.25, 0.3) is 5.91 Å². The van der Waals surface area contributed by atoms with Crippen LogP contribution in [0.15, 0.2) is 48.5 Å². The molecule has 0 spiro atoms. The van der Waals surface area contributed by atoms with Gasteiger partial charge in [0, 0.05) is 25.2 Å². The lowest BCUT2D eigenvalue weighted by Gasteiger charge is -2.24. The Kier molecular flexibility index (Phi) is 4.73. The largest absolute Gasteiger partial charge is 0.479 e. The Morgan fingerprint density at radius 2 is 2.00 bits per heavy atom. The molecule has 2 aliphatic rings. The fourth-order valence-electron chi connectivity index (χ4n) is 3.44. The summed E-state index contributed by atoms with van der Waals surface area (Å²) >= 11 is 0. The SMILES string of the molecule is C[C@H]1Oc2ccc(NC(=O)[C@@H]3CC(=O)N(Cc4ccccc4)C3)cc2NC1=O. The van der Waals surface area contributed by atoms with Gasteiger partial charge >= 0.3 is 0 Å². The van der Waals surface area contributed by atoms with Gasteiger partial charge in [0.15, 0.2) is 6.10 Å². The lowest BCUT2D eigenvalue weighted by Crippen LogP contribution is -2.34. The number of carbonyl (C=O) groups excluding carboxylic acids is 3. The van der Waals surface area contributed by atoms with E-state index in [0.717, 1.165) is 5.56 Å². The van der Waals surface area contributed by atoms with E-state index in [1.807, 2.05) is 30.3 Å². The van der Waals surface area contributed by atoms with Crippen LogP contribution >= 0.6 is 0 Å². The topological polar surface area (TPSA) is 87.7 Å². The highest BCUT2D eigenvalue weighted by molar-refractivity contribution is 6.00. The first-order valence-corrected chi connectivity index (χ1v) is 9.24. The Labute approximate surface area is 162 Å². The average molecular weight is 379 g/mol. The summed E-state index contributed by atoms with van der Waals surface area (Å²) in [7, 11) is 0. The molecule has 2 heterocycles. The summed E-state index contributed by atoms with van der Waals surface area (Å²) in [6.07, 6.45) is -0.353. The minimum atomic E-state index is -0.548. The van der Waals surface area contributed by atoms with Crippen LogP contribution in [0.5, 0.6) is 5.75 Å². The van der Waals surface area contributed by atoms with Gasteiger partial charge in [-0.3, -0.25) is 14.4 Å². The lowest BCUT2D eigenvalue weighted by molar-refractivity contribution is -0.128. The molecule has 2 aromatic carbocycles. The maximum absolute atomic E-state index is 12.6.